The van der Waals surface area contributed by atoms with Crippen molar-refractivity contribution in [2.75, 3.05) is 12.4 Å². The van der Waals surface area contributed by atoms with Crippen LogP contribution in [0.2, 0.25) is 0 Å². The molecular weight excluding hydrogens is 289 g/mol. The van der Waals surface area contributed by atoms with E-state index in [0.717, 1.165) is 4.90 Å². The molecule has 0 saturated carbocycles. The molecule has 0 aromatic heterocycles. The minimum Gasteiger partial charge on any atom is -0.465 e. The minimum absolute atomic E-state index is 0.179. The van der Waals surface area contributed by atoms with Crippen molar-refractivity contribution in [3.8, 4) is 0 Å². The van der Waals surface area contributed by atoms with Crippen molar-refractivity contribution in [3.63, 3.8) is 0 Å². The lowest BCUT2D eigenvalue weighted by atomic mass is 9.98. The zero-order chi connectivity index (χ0) is 15.9. The van der Waals surface area contributed by atoms with Gasteiger partial charge in [-0.15, -0.1) is 11.8 Å². The van der Waals surface area contributed by atoms with E-state index in [1.807, 2.05) is 26.8 Å². The number of esters is 1. The van der Waals surface area contributed by atoms with E-state index in [0.29, 0.717) is 18.8 Å². The van der Waals surface area contributed by atoms with Gasteiger partial charge in [-0.2, -0.15) is 0 Å². The van der Waals surface area contributed by atoms with Gasteiger partial charge in [0.05, 0.1) is 6.61 Å². The topological polar surface area (TPSA) is 38.3 Å². The van der Waals surface area contributed by atoms with Crippen molar-refractivity contribution in [3.05, 3.63) is 30.1 Å². The molecule has 1 rings (SSSR count). The van der Waals surface area contributed by atoms with Crippen molar-refractivity contribution in [2.24, 2.45) is 0 Å². The summed E-state index contributed by atoms with van der Waals surface area (Å²) in [6.45, 7) is 8.02. The van der Waals surface area contributed by atoms with Crippen molar-refractivity contribution in [1.29, 1.82) is 0 Å². The summed E-state index contributed by atoms with van der Waals surface area (Å²) in [6, 6.07) is 6.66. The van der Waals surface area contributed by atoms with Crippen LogP contribution in [0.1, 0.15) is 34.1 Å². The molecule has 1 N–H and O–H groups in total. The summed E-state index contributed by atoms with van der Waals surface area (Å²) < 4.78 is 18.3. The second kappa shape index (κ2) is 8.39. The highest BCUT2D eigenvalue weighted by Gasteiger charge is 2.34. The molecule has 0 saturated heterocycles. The van der Waals surface area contributed by atoms with Gasteiger partial charge in [-0.05, 0) is 52.3 Å². The number of carbonyl (C=O) groups is 1. The van der Waals surface area contributed by atoms with Gasteiger partial charge in [-0.3, -0.25) is 10.1 Å². The van der Waals surface area contributed by atoms with Gasteiger partial charge in [0.25, 0.3) is 0 Å². The highest BCUT2D eigenvalue weighted by Crippen LogP contribution is 2.23. The van der Waals surface area contributed by atoms with Crippen molar-refractivity contribution >= 4 is 17.7 Å². The molecule has 0 fully saturated rings. The quantitative estimate of drug-likeness (QED) is 0.587. The normalized spacial score (nSPS) is 14.0. The van der Waals surface area contributed by atoms with Crippen LogP contribution in [0.3, 0.4) is 0 Å². The van der Waals surface area contributed by atoms with Crippen LogP contribution >= 0.6 is 11.8 Å². The smallest absolute Gasteiger partial charge is 0.326 e. The van der Waals surface area contributed by atoms with Crippen LogP contribution < -0.4 is 5.32 Å². The molecule has 0 amide bonds. The van der Waals surface area contributed by atoms with E-state index in [1.165, 1.54) is 23.9 Å². The Balaban J connectivity index is 2.62. The van der Waals surface area contributed by atoms with Crippen LogP contribution in [0, 0.1) is 5.82 Å². The van der Waals surface area contributed by atoms with E-state index >= 15 is 0 Å². The molecule has 1 unspecified atom stereocenters. The highest BCUT2D eigenvalue weighted by molar-refractivity contribution is 7.99. The van der Waals surface area contributed by atoms with E-state index in [2.05, 4.69) is 5.32 Å². The fourth-order valence-corrected chi connectivity index (χ4v) is 3.21. The molecule has 1 aromatic rings. The summed E-state index contributed by atoms with van der Waals surface area (Å²) in [5.41, 5.74) is -0.718. The Bertz CT molecular complexity index is 467. The van der Waals surface area contributed by atoms with Crippen LogP contribution in [0.15, 0.2) is 29.2 Å². The molecule has 0 heterocycles. The summed E-state index contributed by atoms with van der Waals surface area (Å²) in [6.07, 6.45) is 0.616. The fraction of sp³-hybridized carbons (Fsp3) is 0.562. The van der Waals surface area contributed by atoms with Gasteiger partial charge in [-0.25, -0.2) is 4.39 Å². The van der Waals surface area contributed by atoms with E-state index in [4.69, 9.17) is 4.74 Å². The lowest BCUT2D eigenvalue weighted by Crippen LogP contribution is -2.53. The van der Waals surface area contributed by atoms with E-state index in [9.17, 15) is 9.18 Å². The van der Waals surface area contributed by atoms with Gasteiger partial charge < -0.3 is 4.74 Å². The number of hydrogen-bond acceptors (Lipinski definition) is 4. The Morgan fingerprint density at radius 3 is 2.76 bits per heavy atom. The molecule has 0 aliphatic rings. The molecule has 0 spiro atoms. The third kappa shape index (κ3) is 6.06. The largest absolute Gasteiger partial charge is 0.465 e. The number of carbonyl (C=O) groups excluding carboxylic acids is 1. The van der Waals surface area contributed by atoms with Gasteiger partial charge in [0.2, 0.25) is 0 Å². The number of thioether (sulfide) groups is 1. The first-order valence-corrected chi connectivity index (χ1v) is 8.19. The van der Waals surface area contributed by atoms with Crippen molar-refractivity contribution in [1.82, 2.24) is 5.32 Å². The van der Waals surface area contributed by atoms with Gasteiger partial charge in [-0.1, -0.05) is 6.07 Å². The number of benzene rings is 1. The Morgan fingerprint density at radius 1 is 1.48 bits per heavy atom. The third-order valence-electron chi connectivity index (χ3n) is 3.00. The predicted molar refractivity (Wildman–Crippen MR) is 85.1 cm³/mol. The SMILES string of the molecule is CCOC(=O)C(C)(CCSc1cccc(F)c1)NC(C)C. The number of ether oxygens (including phenoxy) is 1. The molecule has 21 heavy (non-hydrogen) atoms. The first-order valence-electron chi connectivity index (χ1n) is 7.20. The maximum Gasteiger partial charge on any atom is 0.326 e. The van der Waals surface area contributed by atoms with Gasteiger partial charge >= 0.3 is 5.97 Å². The average molecular weight is 313 g/mol. The van der Waals surface area contributed by atoms with Crippen LogP contribution in [-0.2, 0) is 9.53 Å². The monoisotopic (exact) mass is 313 g/mol. The Morgan fingerprint density at radius 2 is 2.19 bits per heavy atom. The molecule has 0 aliphatic heterocycles. The molecule has 3 nitrogen and oxygen atoms in total. The molecule has 0 bridgehead atoms. The second-order valence-corrected chi connectivity index (χ2v) is 6.58. The standard InChI is InChI=1S/C16H24FNO2S/c1-5-20-15(19)16(4,18-12(2)3)9-10-21-14-8-6-7-13(17)11-14/h6-8,11-12,18H,5,9-10H2,1-4H3. The number of halogens is 1. The maximum absolute atomic E-state index is 13.1. The predicted octanol–water partition coefficient (Wildman–Crippen LogP) is 3.63. The van der Waals surface area contributed by atoms with Crippen LogP contribution in [-0.4, -0.2) is 29.9 Å². The first kappa shape index (κ1) is 18.0. The van der Waals surface area contributed by atoms with Gasteiger partial charge in [0.1, 0.15) is 11.4 Å². The van der Waals surface area contributed by atoms with E-state index < -0.39 is 5.54 Å². The molecular formula is C16H24FNO2S. The zero-order valence-corrected chi connectivity index (χ0v) is 13.9. The minimum atomic E-state index is -0.718. The second-order valence-electron chi connectivity index (χ2n) is 5.41. The zero-order valence-electron chi connectivity index (χ0n) is 13.1. The Hall–Kier alpha value is -1.07. The van der Waals surface area contributed by atoms with Crippen LogP contribution in [0.4, 0.5) is 4.39 Å². The van der Waals surface area contributed by atoms with Crippen molar-refractivity contribution in [2.45, 2.75) is 50.6 Å². The van der Waals surface area contributed by atoms with E-state index in [1.54, 1.807) is 13.0 Å². The molecule has 1 aromatic carbocycles. The average Bonchev–Trinajstić information content (AvgIpc) is 2.38. The summed E-state index contributed by atoms with van der Waals surface area (Å²) >= 11 is 1.54. The number of hydrogen-bond donors (Lipinski definition) is 1. The maximum atomic E-state index is 13.1. The molecule has 0 radical (unpaired) electrons. The molecule has 5 heteroatoms. The van der Waals surface area contributed by atoms with Gasteiger partial charge in [0, 0.05) is 16.7 Å². The lowest BCUT2D eigenvalue weighted by molar-refractivity contribution is -0.150. The fourth-order valence-electron chi connectivity index (χ4n) is 2.09. The summed E-state index contributed by atoms with van der Waals surface area (Å²) in [4.78, 5) is 13.0. The first-order chi connectivity index (χ1) is 9.87. The summed E-state index contributed by atoms with van der Waals surface area (Å²) in [5, 5.41) is 3.28. The van der Waals surface area contributed by atoms with Crippen LogP contribution in [0.5, 0.6) is 0 Å². The summed E-state index contributed by atoms with van der Waals surface area (Å²) in [5.74, 6) is 0.227. The third-order valence-corrected chi connectivity index (χ3v) is 4.00. The van der Waals surface area contributed by atoms with Crippen LogP contribution in [0.25, 0.3) is 0 Å². The highest BCUT2D eigenvalue weighted by atomic mass is 32.2. The van der Waals surface area contributed by atoms with Gasteiger partial charge in [0.15, 0.2) is 0 Å². The molecule has 0 aliphatic carbocycles. The number of rotatable bonds is 8. The summed E-state index contributed by atoms with van der Waals surface area (Å²) in [7, 11) is 0. The Kier molecular flexibility index (Phi) is 7.18. The number of nitrogens with one attached hydrogen (secondary N) is 1. The molecule has 1 atom stereocenters. The van der Waals surface area contributed by atoms with Crippen molar-refractivity contribution < 1.29 is 13.9 Å². The van der Waals surface area contributed by atoms with E-state index in [-0.39, 0.29) is 17.8 Å². The Labute approximate surface area is 130 Å². The molecule has 118 valence electrons. The lowest BCUT2D eigenvalue weighted by Gasteiger charge is -2.30.